The number of fused-ring (bicyclic) bond motifs is 1. The Morgan fingerprint density at radius 3 is 2.36 bits per heavy atom. The fraction of sp³-hybridized carbons (Fsp3) is 0.667. The molecule has 2 aliphatic carbocycles. The summed E-state index contributed by atoms with van der Waals surface area (Å²) in [5, 5.41) is 0. The highest BCUT2D eigenvalue weighted by Gasteiger charge is 2.36. The lowest BCUT2D eigenvalue weighted by Crippen LogP contribution is -2.33. The van der Waals surface area contributed by atoms with Gasteiger partial charge in [0, 0.05) is 6.61 Å². The maximum atomic E-state index is 13.8. The lowest BCUT2D eigenvalue weighted by molar-refractivity contribution is -0.00957. The van der Waals surface area contributed by atoms with Crippen molar-refractivity contribution in [2.24, 2.45) is 11.8 Å². The monoisotopic (exact) mass is 420 g/mol. The van der Waals surface area contributed by atoms with Crippen molar-refractivity contribution in [2.75, 3.05) is 6.61 Å². The molecule has 0 heterocycles. The van der Waals surface area contributed by atoms with Crippen molar-refractivity contribution in [2.45, 2.75) is 57.5 Å². The Labute approximate surface area is 145 Å². The number of hydrogen-bond acceptors (Lipinski definition) is 1. The number of hydrogen-bond donors (Lipinski definition) is 0. The van der Waals surface area contributed by atoms with E-state index >= 15 is 0 Å². The third kappa shape index (κ3) is 3.48. The van der Waals surface area contributed by atoms with Crippen LogP contribution in [0.4, 0.5) is 8.78 Å². The first-order valence-corrected chi connectivity index (χ1v) is 9.42. The van der Waals surface area contributed by atoms with E-state index < -0.39 is 11.6 Å². The summed E-state index contributed by atoms with van der Waals surface area (Å²) in [5.41, 5.74) is 0.848. The molecule has 2 aliphatic rings. The number of rotatable bonds is 3. The molecule has 0 aromatic heterocycles. The van der Waals surface area contributed by atoms with E-state index in [4.69, 9.17) is 4.74 Å². The highest BCUT2D eigenvalue weighted by atomic mass is 127. The SMILES string of the molecule is CCOC1CCC2C[C@H](c3cc(F)c(I)c(F)c3)CC[C@@H]2C1. The molecule has 2 unspecified atom stereocenters. The molecule has 1 aromatic rings. The highest BCUT2D eigenvalue weighted by molar-refractivity contribution is 14.1. The van der Waals surface area contributed by atoms with E-state index in [1.807, 2.05) is 0 Å². The van der Waals surface area contributed by atoms with Gasteiger partial charge in [0.05, 0.1) is 9.67 Å². The minimum atomic E-state index is -0.419. The van der Waals surface area contributed by atoms with Crippen LogP contribution in [0.25, 0.3) is 0 Å². The van der Waals surface area contributed by atoms with E-state index in [-0.39, 0.29) is 3.57 Å². The zero-order chi connectivity index (χ0) is 15.7. The minimum Gasteiger partial charge on any atom is -0.378 e. The average molecular weight is 420 g/mol. The van der Waals surface area contributed by atoms with Gasteiger partial charge in [0.2, 0.25) is 0 Å². The highest BCUT2D eigenvalue weighted by Crippen LogP contribution is 2.46. The Hall–Kier alpha value is -0.230. The van der Waals surface area contributed by atoms with Gasteiger partial charge < -0.3 is 4.74 Å². The van der Waals surface area contributed by atoms with Crippen molar-refractivity contribution < 1.29 is 13.5 Å². The van der Waals surface area contributed by atoms with Crippen molar-refractivity contribution >= 4 is 22.6 Å². The fourth-order valence-corrected chi connectivity index (χ4v) is 4.66. The summed E-state index contributed by atoms with van der Waals surface area (Å²) >= 11 is 1.73. The molecule has 22 heavy (non-hydrogen) atoms. The summed E-state index contributed by atoms with van der Waals surface area (Å²) in [5.74, 6) is 0.905. The second-order valence-corrected chi connectivity index (χ2v) is 7.80. The number of benzene rings is 1. The Bertz CT molecular complexity index is 511. The smallest absolute Gasteiger partial charge is 0.139 e. The molecule has 1 nitrogen and oxygen atoms in total. The van der Waals surface area contributed by atoms with Crippen molar-refractivity contribution in [3.05, 3.63) is 32.9 Å². The van der Waals surface area contributed by atoms with Gasteiger partial charge in [0.25, 0.3) is 0 Å². The molecule has 3 rings (SSSR count). The normalized spacial score (nSPS) is 31.8. The first-order chi connectivity index (χ1) is 10.6. The number of ether oxygens (including phenoxy) is 1. The summed E-state index contributed by atoms with van der Waals surface area (Å²) in [6, 6.07) is 3.09. The van der Waals surface area contributed by atoms with Gasteiger partial charge in [0.15, 0.2) is 0 Å². The second kappa shape index (κ2) is 7.12. The topological polar surface area (TPSA) is 9.23 Å². The van der Waals surface area contributed by atoms with Crippen LogP contribution in [0.15, 0.2) is 12.1 Å². The quantitative estimate of drug-likeness (QED) is 0.453. The molecule has 0 saturated heterocycles. The van der Waals surface area contributed by atoms with Gasteiger partial charge in [-0.25, -0.2) is 8.78 Å². The molecule has 122 valence electrons. The minimum absolute atomic E-state index is 0.104. The Balaban J connectivity index is 1.68. The van der Waals surface area contributed by atoms with Gasteiger partial charge in [-0.1, -0.05) is 0 Å². The predicted octanol–water partition coefficient (Wildman–Crippen LogP) is 5.66. The Kier molecular flexibility index (Phi) is 5.38. The van der Waals surface area contributed by atoms with Crippen LogP contribution in [0, 0.1) is 27.0 Å². The molecule has 0 spiro atoms. The van der Waals surface area contributed by atoms with Crippen molar-refractivity contribution in [3.63, 3.8) is 0 Å². The van der Waals surface area contributed by atoms with Crippen LogP contribution in [0.1, 0.15) is 56.9 Å². The first kappa shape index (κ1) is 16.6. The van der Waals surface area contributed by atoms with Gasteiger partial charge >= 0.3 is 0 Å². The predicted molar refractivity (Wildman–Crippen MR) is 91.9 cm³/mol. The van der Waals surface area contributed by atoms with Crippen LogP contribution in [-0.2, 0) is 4.74 Å². The molecule has 0 N–H and O–H groups in total. The molecule has 0 radical (unpaired) electrons. The molecule has 2 saturated carbocycles. The van der Waals surface area contributed by atoms with Crippen molar-refractivity contribution in [1.82, 2.24) is 0 Å². The Morgan fingerprint density at radius 2 is 1.68 bits per heavy atom. The third-order valence-electron chi connectivity index (χ3n) is 5.44. The van der Waals surface area contributed by atoms with Crippen LogP contribution in [0.5, 0.6) is 0 Å². The number of halogens is 3. The van der Waals surface area contributed by atoms with E-state index in [9.17, 15) is 8.78 Å². The third-order valence-corrected chi connectivity index (χ3v) is 6.48. The van der Waals surface area contributed by atoms with Gasteiger partial charge in [-0.2, -0.15) is 0 Å². The summed E-state index contributed by atoms with van der Waals surface area (Å²) in [6.07, 6.45) is 7.20. The maximum absolute atomic E-state index is 13.8. The lowest BCUT2D eigenvalue weighted by atomic mass is 9.65. The molecule has 4 heteroatoms. The van der Waals surface area contributed by atoms with E-state index in [0.717, 1.165) is 43.8 Å². The Morgan fingerprint density at radius 1 is 1.05 bits per heavy atom. The molecule has 4 atom stereocenters. The summed E-state index contributed by atoms with van der Waals surface area (Å²) in [7, 11) is 0. The van der Waals surface area contributed by atoms with Crippen LogP contribution in [-0.4, -0.2) is 12.7 Å². The van der Waals surface area contributed by atoms with E-state index in [1.54, 1.807) is 34.7 Å². The van der Waals surface area contributed by atoms with Crippen LogP contribution in [0.3, 0.4) is 0 Å². The zero-order valence-electron chi connectivity index (χ0n) is 13.0. The largest absolute Gasteiger partial charge is 0.378 e. The van der Waals surface area contributed by atoms with Crippen LogP contribution in [0.2, 0.25) is 0 Å². The van der Waals surface area contributed by atoms with Crippen LogP contribution < -0.4 is 0 Å². The van der Waals surface area contributed by atoms with Gasteiger partial charge in [0.1, 0.15) is 11.6 Å². The fourth-order valence-electron chi connectivity index (χ4n) is 4.35. The van der Waals surface area contributed by atoms with Gasteiger partial charge in [-0.05, 0) is 103 Å². The van der Waals surface area contributed by atoms with E-state index in [1.165, 1.54) is 12.8 Å². The summed E-state index contributed by atoms with van der Waals surface area (Å²) < 4.78 is 33.5. The van der Waals surface area contributed by atoms with E-state index in [0.29, 0.717) is 17.9 Å². The molecule has 0 bridgehead atoms. The van der Waals surface area contributed by atoms with Gasteiger partial charge in [-0.3, -0.25) is 0 Å². The molecule has 0 aliphatic heterocycles. The molecule has 1 aromatic carbocycles. The van der Waals surface area contributed by atoms with Crippen LogP contribution >= 0.6 is 22.6 Å². The maximum Gasteiger partial charge on any atom is 0.139 e. The van der Waals surface area contributed by atoms with Gasteiger partial charge in [-0.15, -0.1) is 0 Å². The van der Waals surface area contributed by atoms with E-state index in [2.05, 4.69) is 6.92 Å². The standard InChI is InChI=1S/C18H23F2IO/c1-2-22-15-6-5-11-7-12(3-4-13(11)8-15)14-9-16(19)18(21)17(20)10-14/h9-13,15H,2-8H2,1H3/t11?,12-,13-,15?/m1/s1. The second-order valence-electron chi connectivity index (χ2n) is 6.72. The zero-order valence-corrected chi connectivity index (χ0v) is 15.1. The molecular formula is C18H23F2IO. The summed E-state index contributed by atoms with van der Waals surface area (Å²) in [4.78, 5) is 0. The average Bonchev–Trinajstić information content (AvgIpc) is 2.52. The molecular weight excluding hydrogens is 397 g/mol. The molecule has 0 amide bonds. The van der Waals surface area contributed by atoms with Crippen molar-refractivity contribution in [3.8, 4) is 0 Å². The lowest BCUT2D eigenvalue weighted by Gasteiger charge is -2.42. The van der Waals surface area contributed by atoms with Crippen molar-refractivity contribution in [1.29, 1.82) is 0 Å². The summed E-state index contributed by atoms with van der Waals surface area (Å²) in [6.45, 7) is 2.86. The first-order valence-electron chi connectivity index (χ1n) is 8.34. The molecule has 2 fully saturated rings.